The highest BCUT2D eigenvalue weighted by Gasteiger charge is 2.28. The third-order valence-electron chi connectivity index (χ3n) is 2.21. The van der Waals surface area contributed by atoms with E-state index in [1.165, 1.54) is 0 Å². The van der Waals surface area contributed by atoms with Crippen LogP contribution in [0.2, 0.25) is 0 Å². The number of nitrogens with zero attached hydrogens (tertiary/aromatic N) is 3. The Morgan fingerprint density at radius 2 is 1.76 bits per heavy atom. The highest BCUT2D eigenvalue weighted by Crippen LogP contribution is 2.14. The lowest BCUT2D eigenvalue weighted by molar-refractivity contribution is -0.138. The summed E-state index contributed by atoms with van der Waals surface area (Å²) in [6.07, 6.45) is 1.85. The number of carboxylic acid groups (broad SMARTS) is 1. The number of hydrogen-bond donors (Lipinski definition) is 3. The molecule has 0 saturated carbocycles. The molecular weight excluding hydrogens is 306 g/mol. The van der Waals surface area contributed by atoms with Crippen molar-refractivity contribution in [3.05, 3.63) is 12.4 Å². The normalized spacial score (nSPS) is 11.5. The van der Waals surface area contributed by atoms with Crippen molar-refractivity contribution < 1.29 is 27.9 Å². The Hall–Kier alpha value is -2.47. The van der Waals surface area contributed by atoms with Gasteiger partial charge in [-0.2, -0.15) is 9.40 Å². The predicted molar refractivity (Wildman–Crippen MR) is 67.0 cm³/mol. The zero-order valence-electron chi connectivity index (χ0n) is 10.7. The second-order valence-corrected chi connectivity index (χ2v) is 5.91. The van der Waals surface area contributed by atoms with Gasteiger partial charge in [-0.15, -0.1) is 0 Å². The largest absolute Gasteiger partial charge is 0.480 e. The molecule has 0 atom stereocenters. The summed E-state index contributed by atoms with van der Waals surface area (Å²) in [5.74, 6) is -3.16. The first kappa shape index (κ1) is 16.6. The van der Waals surface area contributed by atoms with Crippen molar-refractivity contribution in [1.29, 1.82) is 0 Å². The Morgan fingerprint density at radius 3 is 2.19 bits per heavy atom. The summed E-state index contributed by atoms with van der Waals surface area (Å²) < 4.78 is 25.8. The van der Waals surface area contributed by atoms with E-state index >= 15 is 0 Å². The molecule has 0 fully saturated rings. The molecule has 0 saturated heterocycles. The van der Waals surface area contributed by atoms with Crippen molar-refractivity contribution in [1.82, 2.24) is 14.1 Å². The van der Waals surface area contributed by atoms with Crippen LogP contribution in [0.1, 0.15) is 0 Å². The maximum absolute atomic E-state index is 12.2. The molecule has 0 aliphatic rings. The number of rotatable bonds is 8. The minimum Gasteiger partial charge on any atom is -0.480 e. The number of carbonyl (C=O) groups is 3. The summed E-state index contributed by atoms with van der Waals surface area (Å²) in [4.78, 5) is 31.9. The molecule has 0 aliphatic heterocycles. The molecule has 0 bridgehead atoms. The standard InChI is InChI=1S/C9H13N5O6S/c10-7(15)3-14(4-8(11)16)21(19,20)6-1-12-13(2-6)5-9(17)18/h1-2H,3-5H2,(H2,10,15)(H2,11,16)(H,17,18). The van der Waals surface area contributed by atoms with Gasteiger partial charge in [-0.3, -0.25) is 19.1 Å². The molecule has 21 heavy (non-hydrogen) atoms. The van der Waals surface area contributed by atoms with Crippen molar-refractivity contribution in [2.24, 2.45) is 11.5 Å². The monoisotopic (exact) mass is 319 g/mol. The summed E-state index contributed by atoms with van der Waals surface area (Å²) in [5, 5.41) is 12.1. The topological polar surface area (TPSA) is 179 Å². The van der Waals surface area contributed by atoms with Gasteiger partial charge in [-0.05, 0) is 0 Å². The van der Waals surface area contributed by atoms with Crippen LogP contribution in [-0.4, -0.2) is 58.5 Å². The smallest absolute Gasteiger partial charge is 0.325 e. The predicted octanol–water partition coefficient (Wildman–Crippen LogP) is -3.07. The van der Waals surface area contributed by atoms with Gasteiger partial charge < -0.3 is 16.6 Å². The average Bonchev–Trinajstić information content (AvgIpc) is 2.75. The molecule has 0 unspecified atom stereocenters. The zero-order valence-corrected chi connectivity index (χ0v) is 11.5. The molecule has 1 rings (SSSR count). The van der Waals surface area contributed by atoms with Gasteiger partial charge in [0.2, 0.25) is 21.8 Å². The Labute approximate surface area is 119 Å². The van der Waals surface area contributed by atoms with Crippen molar-refractivity contribution >= 4 is 27.8 Å². The van der Waals surface area contributed by atoms with E-state index in [9.17, 15) is 22.8 Å². The number of carbonyl (C=O) groups excluding carboxylic acids is 2. The molecule has 0 aliphatic carbocycles. The van der Waals surface area contributed by atoms with Crippen LogP contribution in [0.15, 0.2) is 17.3 Å². The number of hydrogen-bond acceptors (Lipinski definition) is 6. The third kappa shape index (κ3) is 4.54. The number of aromatic nitrogens is 2. The van der Waals surface area contributed by atoms with E-state index in [2.05, 4.69) is 5.10 Å². The first-order valence-corrected chi connectivity index (χ1v) is 6.88. The highest BCUT2D eigenvalue weighted by atomic mass is 32.2. The number of carboxylic acids is 1. The molecular formula is C9H13N5O6S. The van der Waals surface area contributed by atoms with Gasteiger partial charge in [0.1, 0.15) is 11.4 Å². The lowest BCUT2D eigenvalue weighted by Gasteiger charge is -2.17. The molecule has 12 heteroatoms. The van der Waals surface area contributed by atoms with Crippen molar-refractivity contribution in [3.63, 3.8) is 0 Å². The van der Waals surface area contributed by atoms with Gasteiger partial charge in [0, 0.05) is 6.20 Å². The van der Waals surface area contributed by atoms with Gasteiger partial charge in [-0.25, -0.2) is 8.42 Å². The minimum absolute atomic E-state index is 0.383. The van der Waals surface area contributed by atoms with Crippen molar-refractivity contribution in [2.75, 3.05) is 13.1 Å². The number of nitrogens with two attached hydrogens (primary N) is 2. The average molecular weight is 319 g/mol. The summed E-state index contributed by atoms with van der Waals surface area (Å²) >= 11 is 0. The summed E-state index contributed by atoms with van der Waals surface area (Å²) in [5.41, 5.74) is 9.84. The fraction of sp³-hybridized carbons (Fsp3) is 0.333. The Bertz CT molecular complexity index is 650. The number of sulfonamides is 1. The van der Waals surface area contributed by atoms with Crippen LogP contribution in [0, 0.1) is 0 Å². The molecule has 0 radical (unpaired) electrons. The van der Waals surface area contributed by atoms with Gasteiger partial charge in [0.25, 0.3) is 0 Å². The SMILES string of the molecule is NC(=O)CN(CC(N)=O)S(=O)(=O)c1cnn(CC(=O)O)c1. The molecule has 1 aromatic rings. The quantitative estimate of drug-likeness (QED) is 0.454. The molecule has 0 spiro atoms. The molecule has 2 amide bonds. The van der Waals surface area contributed by atoms with E-state index in [1.807, 2.05) is 0 Å². The summed E-state index contributed by atoms with van der Waals surface area (Å²) in [7, 11) is -4.25. The highest BCUT2D eigenvalue weighted by molar-refractivity contribution is 7.89. The molecule has 0 aromatic carbocycles. The van der Waals surface area contributed by atoms with Crippen molar-refractivity contribution in [3.8, 4) is 0 Å². The first-order valence-electron chi connectivity index (χ1n) is 5.44. The van der Waals surface area contributed by atoms with E-state index < -0.39 is 47.4 Å². The van der Waals surface area contributed by atoms with E-state index in [4.69, 9.17) is 16.6 Å². The van der Waals surface area contributed by atoms with E-state index in [0.717, 1.165) is 17.1 Å². The number of aliphatic carboxylic acids is 1. The Balaban J connectivity index is 3.09. The second-order valence-electron chi connectivity index (χ2n) is 3.97. The minimum atomic E-state index is -4.25. The number of amides is 2. The fourth-order valence-electron chi connectivity index (χ4n) is 1.43. The Morgan fingerprint density at radius 1 is 1.24 bits per heavy atom. The first-order chi connectivity index (χ1) is 9.62. The number of primary amides is 2. The molecule has 1 aromatic heterocycles. The van der Waals surface area contributed by atoms with Crippen LogP contribution < -0.4 is 11.5 Å². The molecule has 5 N–H and O–H groups in total. The fourth-order valence-corrected chi connectivity index (χ4v) is 2.75. The molecule has 1 heterocycles. The van der Waals surface area contributed by atoms with Gasteiger partial charge in [0.05, 0.1) is 19.3 Å². The van der Waals surface area contributed by atoms with Crippen LogP contribution in [0.4, 0.5) is 0 Å². The van der Waals surface area contributed by atoms with Crippen LogP contribution in [0.25, 0.3) is 0 Å². The van der Waals surface area contributed by atoms with Crippen LogP contribution in [0.3, 0.4) is 0 Å². The van der Waals surface area contributed by atoms with Crippen LogP contribution in [-0.2, 0) is 31.0 Å². The molecule has 116 valence electrons. The maximum Gasteiger partial charge on any atom is 0.325 e. The maximum atomic E-state index is 12.2. The van der Waals surface area contributed by atoms with Crippen LogP contribution >= 0.6 is 0 Å². The Kier molecular flexibility index (Phi) is 4.99. The van der Waals surface area contributed by atoms with E-state index in [0.29, 0.717) is 4.31 Å². The lowest BCUT2D eigenvalue weighted by atomic mass is 10.5. The summed E-state index contributed by atoms with van der Waals surface area (Å²) in [6, 6.07) is 0. The lowest BCUT2D eigenvalue weighted by Crippen LogP contribution is -2.43. The zero-order chi connectivity index (χ0) is 16.2. The van der Waals surface area contributed by atoms with Crippen LogP contribution in [0.5, 0.6) is 0 Å². The van der Waals surface area contributed by atoms with Gasteiger partial charge in [0.15, 0.2) is 0 Å². The summed E-state index contributed by atoms with van der Waals surface area (Å²) in [6.45, 7) is -2.02. The van der Waals surface area contributed by atoms with Gasteiger partial charge in [-0.1, -0.05) is 0 Å². The van der Waals surface area contributed by atoms with Crippen molar-refractivity contribution in [2.45, 2.75) is 11.4 Å². The van der Waals surface area contributed by atoms with E-state index in [1.54, 1.807) is 0 Å². The van der Waals surface area contributed by atoms with Gasteiger partial charge >= 0.3 is 5.97 Å². The third-order valence-corrected chi connectivity index (χ3v) is 3.95. The van der Waals surface area contributed by atoms with E-state index in [-0.39, 0.29) is 4.90 Å². The second kappa shape index (κ2) is 6.32. The molecule has 11 nitrogen and oxygen atoms in total.